The minimum Gasteiger partial charge on any atom is -0.497 e. The fourth-order valence-electron chi connectivity index (χ4n) is 3.75. The summed E-state index contributed by atoms with van der Waals surface area (Å²) in [6, 6.07) is 15.8. The minimum atomic E-state index is 0.0275. The van der Waals surface area contributed by atoms with Crippen molar-refractivity contribution in [3.8, 4) is 5.75 Å². The summed E-state index contributed by atoms with van der Waals surface area (Å²) < 4.78 is 7.17. The number of nitrogens with one attached hydrogen (secondary N) is 3. The topological polar surface area (TPSA) is 105 Å². The van der Waals surface area contributed by atoms with E-state index in [0.717, 1.165) is 34.2 Å². The van der Waals surface area contributed by atoms with Crippen molar-refractivity contribution < 1.29 is 9.53 Å². The first-order chi connectivity index (χ1) is 16.0. The molecule has 4 rings (SSSR count). The quantitative estimate of drug-likeness (QED) is 0.380. The lowest BCUT2D eigenvalue weighted by molar-refractivity contribution is -0.116. The number of hydrogen-bond donors (Lipinski definition) is 3. The van der Waals surface area contributed by atoms with Gasteiger partial charge in [-0.2, -0.15) is 0 Å². The van der Waals surface area contributed by atoms with Crippen molar-refractivity contribution in [2.75, 3.05) is 19.0 Å². The van der Waals surface area contributed by atoms with Crippen molar-refractivity contribution in [2.24, 2.45) is 12.0 Å². The maximum absolute atomic E-state index is 12.2. The number of rotatable bonds is 7. The first kappa shape index (κ1) is 22.3. The Bertz CT molecular complexity index is 1140. The molecule has 9 nitrogen and oxygen atoms in total. The van der Waals surface area contributed by atoms with Crippen LogP contribution in [0.5, 0.6) is 5.75 Å². The second kappa shape index (κ2) is 10.2. The van der Waals surface area contributed by atoms with E-state index in [1.165, 1.54) is 0 Å². The molecule has 0 fully saturated rings. The fourth-order valence-corrected chi connectivity index (χ4v) is 3.75. The summed E-state index contributed by atoms with van der Waals surface area (Å²) in [6.07, 6.45) is 0.429. The molecule has 3 aromatic rings. The Morgan fingerprint density at radius 2 is 1.97 bits per heavy atom. The SMILES string of the molecule is COc1ccc(CN=C(NCc2nnc(C)n2C)NCC2CC(=O)Nc3ccccc32)cc1. The maximum atomic E-state index is 12.2. The average molecular weight is 448 g/mol. The number of ether oxygens (including phenoxy) is 1. The number of para-hydroxylation sites is 1. The van der Waals surface area contributed by atoms with E-state index in [1.807, 2.05) is 61.0 Å². The highest BCUT2D eigenvalue weighted by Crippen LogP contribution is 2.31. The molecule has 0 bridgehead atoms. The van der Waals surface area contributed by atoms with E-state index in [2.05, 4.69) is 32.2 Å². The number of fused-ring (bicyclic) bond motifs is 1. The second-order valence-electron chi connectivity index (χ2n) is 8.01. The van der Waals surface area contributed by atoms with Gasteiger partial charge in [0.2, 0.25) is 5.91 Å². The van der Waals surface area contributed by atoms with Crippen molar-refractivity contribution in [2.45, 2.75) is 32.4 Å². The van der Waals surface area contributed by atoms with Crippen molar-refractivity contribution in [1.82, 2.24) is 25.4 Å². The molecule has 2 heterocycles. The van der Waals surface area contributed by atoms with Crippen LogP contribution in [0, 0.1) is 6.92 Å². The van der Waals surface area contributed by atoms with Crippen LogP contribution in [0.15, 0.2) is 53.5 Å². The van der Waals surface area contributed by atoms with Gasteiger partial charge in [0.1, 0.15) is 11.6 Å². The molecular weight excluding hydrogens is 418 g/mol. The lowest BCUT2D eigenvalue weighted by atomic mass is 9.90. The number of benzene rings is 2. The zero-order valence-electron chi connectivity index (χ0n) is 19.1. The van der Waals surface area contributed by atoms with Gasteiger partial charge in [-0.15, -0.1) is 10.2 Å². The zero-order valence-corrected chi connectivity index (χ0v) is 19.1. The minimum absolute atomic E-state index is 0.0275. The van der Waals surface area contributed by atoms with Gasteiger partial charge in [0.25, 0.3) is 0 Å². The number of hydrogen-bond acceptors (Lipinski definition) is 5. The summed E-state index contributed by atoms with van der Waals surface area (Å²) in [5.41, 5.74) is 3.07. The Kier molecular flexibility index (Phi) is 6.87. The number of nitrogens with zero attached hydrogens (tertiary/aromatic N) is 4. The largest absolute Gasteiger partial charge is 0.497 e. The van der Waals surface area contributed by atoms with Crippen LogP contribution in [-0.4, -0.2) is 40.3 Å². The number of carbonyl (C=O) groups excluding carboxylic acids is 1. The molecule has 1 unspecified atom stereocenters. The molecule has 1 aliphatic rings. The number of amides is 1. The van der Waals surface area contributed by atoms with Crippen LogP contribution in [0.4, 0.5) is 5.69 Å². The number of aryl methyl sites for hydroxylation is 1. The lowest BCUT2D eigenvalue weighted by Gasteiger charge is -2.26. The number of carbonyl (C=O) groups is 1. The van der Waals surface area contributed by atoms with Crippen LogP contribution in [0.25, 0.3) is 0 Å². The standard InChI is InChI=1S/C24H29N7O2/c1-16-29-30-22(31(16)2)15-27-24(25-13-17-8-10-19(33-3)11-9-17)26-14-18-12-23(32)28-21-7-5-4-6-20(18)21/h4-11,18H,12-15H2,1-3H3,(H,28,32)(H2,25,26,27). The maximum Gasteiger partial charge on any atom is 0.225 e. The highest BCUT2D eigenvalue weighted by molar-refractivity contribution is 5.94. The van der Waals surface area contributed by atoms with Gasteiger partial charge in [0.05, 0.1) is 20.2 Å². The van der Waals surface area contributed by atoms with Gasteiger partial charge >= 0.3 is 0 Å². The van der Waals surface area contributed by atoms with Gasteiger partial charge in [-0.25, -0.2) is 4.99 Å². The average Bonchev–Trinajstić information content (AvgIpc) is 3.16. The van der Waals surface area contributed by atoms with Crippen LogP contribution in [0.2, 0.25) is 0 Å². The third-order valence-electron chi connectivity index (χ3n) is 5.80. The van der Waals surface area contributed by atoms with Crippen LogP contribution < -0.4 is 20.7 Å². The van der Waals surface area contributed by atoms with Crippen LogP contribution in [0.3, 0.4) is 0 Å². The molecule has 0 spiro atoms. The summed E-state index contributed by atoms with van der Waals surface area (Å²) in [5, 5.41) is 18.0. The Labute approximate surface area is 193 Å². The van der Waals surface area contributed by atoms with E-state index in [-0.39, 0.29) is 11.8 Å². The Morgan fingerprint density at radius 3 is 2.70 bits per heavy atom. The summed E-state index contributed by atoms with van der Waals surface area (Å²) in [7, 11) is 3.59. The van der Waals surface area contributed by atoms with E-state index in [9.17, 15) is 4.79 Å². The van der Waals surface area contributed by atoms with Gasteiger partial charge in [-0.3, -0.25) is 4.79 Å². The molecule has 0 aliphatic carbocycles. The molecule has 1 aliphatic heterocycles. The molecule has 2 aromatic carbocycles. The highest BCUT2D eigenvalue weighted by Gasteiger charge is 2.24. The number of aromatic nitrogens is 3. The zero-order chi connectivity index (χ0) is 23.2. The molecule has 1 aromatic heterocycles. The molecule has 1 amide bonds. The molecule has 3 N–H and O–H groups in total. The summed E-state index contributed by atoms with van der Waals surface area (Å²) in [5.74, 6) is 3.20. The third-order valence-corrected chi connectivity index (χ3v) is 5.80. The molecule has 0 saturated heterocycles. The van der Waals surface area contributed by atoms with Crippen molar-refractivity contribution in [1.29, 1.82) is 0 Å². The Hall–Kier alpha value is -3.88. The molecule has 9 heteroatoms. The Morgan fingerprint density at radius 1 is 1.18 bits per heavy atom. The molecule has 33 heavy (non-hydrogen) atoms. The number of methoxy groups -OCH3 is 1. The second-order valence-corrected chi connectivity index (χ2v) is 8.01. The summed E-state index contributed by atoms with van der Waals surface area (Å²) in [4.78, 5) is 16.9. The summed E-state index contributed by atoms with van der Waals surface area (Å²) >= 11 is 0. The fraction of sp³-hybridized carbons (Fsp3) is 0.333. The normalized spacial score (nSPS) is 15.5. The van der Waals surface area contributed by atoms with E-state index in [0.29, 0.717) is 32.0 Å². The lowest BCUT2D eigenvalue weighted by Crippen LogP contribution is -2.41. The summed E-state index contributed by atoms with van der Waals surface area (Å²) in [6.45, 7) is 3.47. The number of anilines is 1. The van der Waals surface area contributed by atoms with E-state index in [4.69, 9.17) is 9.73 Å². The first-order valence-electron chi connectivity index (χ1n) is 10.9. The smallest absolute Gasteiger partial charge is 0.225 e. The molecular formula is C24H29N7O2. The van der Waals surface area contributed by atoms with Crippen LogP contribution >= 0.6 is 0 Å². The monoisotopic (exact) mass is 447 g/mol. The van der Waals surface area contributed by atoms with Gasteiger partial charge in [-0.05, 0) is 36.2 Å². The third kappa shape index (κ3) is 5.49. The van der Waals surface area contributed by atoms with E-state index < -0.39 is 0 Å². The van der Waals surface area contributed by atoms with Gasteiger partial charge in [0, 0.05) is 31.6 Å². The van der Waals surface area contributed by atoms with E-state index >= 15 is 0 Å². The highest BCUT2D eigenvalue weighted by atomic mass is 16.5. The predicted molar refractivity (Wildman–Crippen MR) is 127 cm³/mol. The molecule has 172 valence electrons. The van der Waals surface area contributed by atoms with Crippen LogP contribution in [-0.2, 0) is 24.9 Å². The Balaban J connectivity index is 1.48. The van der Waals surface area contributed by atoms with Crippen molar-refractivity contribution in [3.05, 3.63) is 71.3 Å². The van der Waals surface area contributed by atoms with Gasteiger partial charge in [0.15, 0.2) is 11.8 Å². The van der Waals surface area contributed by atoms with Crippen molar-refractivity contribution in [3.63, 3.8) is 0 Å². The van der Waals surface area contributed by atoms with E-state index in [1.54, 1.807) is 7.11 Å². The van der Waals surface area contributed by atoms with Crippen molar-refractivity contribution >= 4 is 17.6 Å². The first-order valence-corrected chi connectivity index (χ1v) is 10.9. The number of guanidine groups is 1. The van der Waals surface area contributed by atoms with Gasteiger partial charge < -0.3 is 25.3 Å². The number of aliphatic imine (C=N–C) groups is 1. The molecule has 0 radical (unpaired) electrons. The molecule has 1 atom stereocenters. The predicted octanol–water partition coefficient (Wildman–Crippen LogP) is 2.49. The van der Waals surface area contributed by atoms with Gasteiger partial charge in [-0.1, -0.05) is 30.3 Å². The molecule has 0 saturated carbocycles. The van der Waals surface area contributed by atoms with Crippen LogP contribution in [0.1, 0.15) is 35.1 Å².